The highest BCUT2D eigenvalue weighted by atomic mass is 16.6. The molecule has 7 heteroatoms. The third-order valence-electron chi connectivity index (χ3n) is 5.54. The van der Waals surface area contributed by atoms with Crippen molar-refractivity contribution in [1.82, 2.24) is 9.80 Å². The first-order valence-corrected chi connectivity index (χ1v) is 10.4. The largest absolute Gasteiger partial charge is 0.461 e. The highest BCUT2D eigenvalue weighted by molar-refractivity contribution is 5.89. The summed E-state index contributed by atoms with van der Waals surface area (Å²) in [5.74, 6) is -1.08. The Kier molecular flexibility index (Phi) is 7.30. The lowest BCUT2D eigenvalue weighted by molar-refractivity contribution is -0.147. The van der Waals surface area contributed by atoms with Gasteiger partial charge in [-0.2, -0.15) is 0 Å². The number of ether oxygens (including phenoxy) is 2. The SMILES string of the molecule is C=CCOC(=O)C[C@@H](C(=O)N(C)C)N(C)C(=O)OCC1c2ccccc2-c2ccccc21. The summed E-state index contributed by atoms with van der Waals surface area (Å²) >= 11 is 0. The average Bonchev–Trinajstić information content (AvgIpc) is 3.12. The van der Waals surface area contributed by atoms with Crippen molar-refractivity contribution in [2.24, 2.45) is 0 Å². The van der Waals surface area contributed by atoms with Gasteiger partial charge in [-0.3, -0.25) is 14.5 Å². The Bertz CT molecular complexity index is 971. The van der Waals surface area contributed by atoms with E-state index in [1.165, 1.54) is 18.0 Å². The molecule has 0 unspecified atom stereocenters. The van der Waals surface area contributed by atoms with Gasteiger partial charge in [0.15, 0.2) is 0 Å². The summed E-state index contributed by atoms with van der Waals surface area (Å²) in [6, 6.07) is 15.1. The van der Waals surface area contributed by atoms with Gasteiger partial charge < -0.3 is 14.4 Å². The fourth-order valence-electron chi connectivity index (χ4n) is 3.88. The second-order valence-electron chi connectivity index (χ2n) is 7.84. The smallest absolute Gasteiger partial charge is 0.410 e. The molecule has 0 aromatic heterocycles. The van der Waals surface area contributed by atoms with Crippen molar-refractivity contribution in [3.8, 4) is 11.1 Å². The van der Waals surface area contributed by atoms with Crippen LogP contribution >= 0.6 is 0 Å². The van der Waals surface area contributed by atoms with Gasteiger partial charge in [-0.1, -0.05) is 61.2 Å². The number of likely N-dealkylation sites (N-methyl/N-ethyl adjacent to an activating group) is 2. The van der Waals surface area contributed by atoms with Crippen LogP contribution in [-0.2, 0) is 19.1 Å². The topological polar surface area (TPSA) is 76.2 Å². The van der Waals surface area contributed by atoms with Crippen LogP contribution in [-0.4, -0.2) is 68.2 Å². The van der Waals surface area contributed by atoms with Crippen LogP contribution in [0.15, 0.2) is 61.2 Å². The number of carbonyl (C=O) groups excluding carboxylic acids is 3. The minimum atomic E-state index is -1.03. The van der Waals surface area contributed by atoms with Gasteiger partial charge >= 0.3 is 12.1 Å². The van der Waals surface area contributed by atoms with Gasteiger partial charge in [-0.15, -0.1) is 0 Å². The van der Waals surface area contributed by atoms with Crippen LogP contribution in [0.4, 0.5) is 4.79 Å². The van der Waals surface area contributed by atoms with Crippen molar-refractivity contribution in [1.29, 1.82) is 0 Å². The molecule has 2 aromatic carbocycles. The summed E-state index contributed by atoms with van der Waals surface area (Å²) in [7, 11) is 4.58. The summed E-state index contributed by atoms with van der Waals surface area (Å²) in [6.45, 7) is 3.66. The summed E-state index contributed by atoms with van der Waals surface area (Å²) in [5.41, 5.74) is 4.45. The summed E-state index contributed by atoms with van der Waals surface area (Å²) in [4.78, 5) is 40.1. The Morgan fingerprint density at radius 3 is 2.06 bits per heavy atom. The molecule has 0 N–H and O–H groups in total. The molecule has 1 aliphatic rings. The molecule has 1 aliphatic carbocycles. The molecule has 168 valence electrons. The maximum Gasteiger partial charge on any atom is 0.410 e. The molecule has 2 amide bonds. The molecule has 7 nitrogen and oxygen atoms in total. The fraction of sp³-hybridized carbons (Fsp3) is 0.320. The number of rotatable bonds is 8. The van der Waals surface area contributed by atoms with Crippen LogP contribution in [0.1, 0.15) is 23.5 Å². The third kappa shape index (κ3) is 4.82. The number of fused-ring (bicyclic) bond motifs is 3. The van der Waals surface area contributed by atoms with E-state index in [0.29, 0.717) is 0 Å². The molecule has 0 radical (unpaired) electrons. The van der Waals surface area contributed by atoms with Crippen LogP contribution in [0.2, 0.25) is 0 Å². The molecule has 1 atom stereocenters. The predicted molar refractivity (Wildman–Crippen MR) is 121 cm³/mol. The Balaban J connectivity index is 1.73. The lowest BCUT2D eigenvalue weighted by Crippen LogP contribution is -2.48. The Morgan fingerprint density at radius 2 is 1.53 bits per heavy atom. The average molecular weight is 437 g/mol. The maximum atomic E-state index is 12.9. The molecule has 0 spiro atoms. The Labute approximate surface area is 188 Å². The summed E-state index contributed by atoms with van der Waals surface area (Å²) in [6.07, 6.45) is 0.491. The minimum absolute atomic E-state index is 0.0381. The molecule has 0 bridgehead atoms. The first-order valence-electron chi connectivity index (χ1n) is 10.4. The quantitative estimate of drug-likeness (QED) is 0.468. The molecule has 2 aromatic rings. The highest BCUT2D eigenvalue weighted by Crippen LogP contribution is 2.44. The van der Waals surface area contributed by atoms with Crippen LogP contribution in [0.25, 0.3) is 11.1 Å². The lowest BCUT2D eigenvalue weighted by atomic mass is 9.98. The molecular weight excluding hydrogens is 408 g/mol. The van der Waals surface area contributed by atoms with E-state index in [0.717, 1.165) is 27.2 Å². The molecule has 32 heavy (non-hydrogen) atoms. The number of esters is 1. The fourth-order valence-corrected chi connectivity index (χ4v) is 3.88. The number of hydrogen-bond acceptors (Lipinski definition) is 5. The van der Waals surface area contributed by atoms with Gasteiger partial charge in [-0.25, -0.2) is 4.79 Å². The zero-order chi connectivity index (χ0) is 23.3. The number of nitrogens with zero attached hydrogens (tertiary/aromatic N) is 2. The monoisotopic (exact) mass is 436 g/mol. The van der Waals surface area contributed by atoms with E-state index in [9.17, 15) is 14.4 Å². The normalized spacial score (nSPS) is 12.8. The van der Waals surface area contributed by atoms with E-state index in [1.807, 2.05) is 36.4 Å². The zero-order valence-electron chi connectivity index (χ0n) is 18.6. The van der Waals surface area contributed by atoms with Crippen molar-refractivity contribution in [3.05, 3.63) is 72.3 Å². The van der Waals surface area contributed by atoms with Gasteiger partial charge in [0.1, 0.15) is 19.3 Å². The van der Waals surface area contributed by atoms with Gasteiger partial charge in [0.2, 0.25) is 5.91 Å². The van der Waals surface area contributed by atoms with Crippen LogP contribution in [0.3, 0.4) is 0 Å². The van der Waals surface area contributed by atoms with E-state index in [4.69, 9.17) is 9.47 Å². The van der Waals surface area contributed by atoms with Crippen LogP contribution < -0.4 is 0 Å². The number of hydrogen-bond donors (Lipinski definition) is 0. The lowest BCUT2D eigenvalue weighted by Gasteiger charge is -2.28. The van der Waals surface area contributed by atoms with E-state index in [2.05, 4.69) is 18.7 Å². The first kappa shape index (κ1) is 23.1. The van der Waals surface area contributed by atoms with Crippen molar-refractivity contribution in [3.63, 3.8) is 0 Å². The molecule has 0 fully saturated rings. The Hall–Kier alpha value is -3.61. The number of carbonyl (C=O) groups is 3. The number of amides is 2. The predicted octanol–water partition coefficient (Wildman–Crippen LogP) is 3.44. The van der Waals surface area contributed by atoms with Gasteiger partial charge in [0.25, 0.3) is 0 Å². The van der Waals surface area contributed by atoms with E-state index in [-0.39, 0.29) is 25.6 Å². The highest BCUT2D eigenvalue weighted by Gasteiger charge is 2.34. The standard InChI is InChI=1S/C25H28N2O5/c1-5-14-31-23(28)15-22(24(29)26(2)3)27(4)25(30)32-16-21-19-12-8-6-10-17(19)18-11-7-9-13-20(18)21/h5-13,21-22H,1,14-16H2,2-4H3/t22-/m0/s1. The van der Waals surface area contributed by atoms with Gasteiger partial charge in [0, 0.05) is 27.1 Å². The van der Waals surface area contributed by atoms with Crippen molar-refractivity contribution >= 4 is 18.0 Å². The van der Waals surface area contributed by atoms with E-state index in [1.54, 1.807) is 14.1 Å². The van der Waals surface area contributed by atoms with Crippen LogP contribution in [0.5, 0.6) is 0 Å². The third-order valence-corrected chi connectivity index (χ3v) is 5.54. The molecule has 0 heterocycles. The molecule has 0 saturated heterocycles. The first-order chi connectivity index (χ1) is 15.3. The molecule has 0 saturated carbocycles. The summed E-state index contributed by atoms with van der Waals surface area (Å²) < 4.78 is 10.6. The van der Waals surface area contributed by atoms with Crippen LogP contribution in [0, 0.1) is 0 Å². The van der Waals surface area contributed by atoms with E-state index >= 15 is 0 Å². The molecule has 0 aliphatic heterocycles. The Morgan fingerprint density at radius 1 is 0.969 bits per heavy atom. The number of benzene rings is 2. The van der Waals surface area contributed by atoms with Crippen molar-refractivity contribution in [2.45, 2.75) is 18.4 Å². The minimum Gasteiger partial charge on any atom is -0.461 e. The molecule has 3 rings (SSSR count). The van der Waals surface area contributed by atoms with Gasteiger partial charge in [-0.05, 0) is 22.3 Å². The maximum absolute atomic E-state index is 12.9. The van der Waals surface area contributed by atoms with E-state index < -0.39 is 24.0 Å². The summed E-state index contributed by atoms with van der Waals surface area (Å²) in [5, 5.41) is 0. The zero-order valence-corrected chi connectivity index (χ0v) is 18.6. The van der Waals surface area contributed by atoms with Crippen molar-refractivity contribution in [2.75, 3.05) is 34.4 Å². The van der Waals surface area contributed by atoms with Gasteiger partial charge in [0.05, 0.1) is 6.42 Å². The van der Waals surface area contributed by atoms with Crippen molar-refractivity contribution < 1.29 is 23.9 Å². The second-order valence-corrected chi connectivity index (χ2v) is 7.84. The molecular formula is C25H28N2O5. The second kappa shape index (κ2) is 10.1.